The largest absolute Gasteiger partial charge is 0.371 e. The van der Waals surface area contributed by atoms with Gasteiger partial charge in [-0.25, -0.2) is 13.8 Å². The number of nitrogens with zero attached hydrogens (tertiary/aromatic N) is 5. The Morgan fingerprint density at radius 2 is 1.86 bits per heavy atom. The van der Waals surface area contributed by atoms with E-state index in [2.05, 4.69) is 32.5 Å². The molecule has 5 rings (SSSR count). The molecule has 3 heterocycles. The molecule has 1 saturated heterocycles. The van der Waals surface area contributed by atoms with Gasteiger partial charge in [-0.3, -0.25) is 9.48 Å². The van der Waals surface area contributed by atoms with E-state index in [1.54, 1.807) is 42.5 Å². The summed E-state index contributed by atoms with van der Waals surface area (Å²) < 4.78 is 33.4. The summed E-state index contributed by atoms with van der Waals surface area (Å²) in [7, 11) is 3.52. The molecular formula is C25H29F2N7O. The van der Waals surface area contributed by atoms with E-state index < -0.39 is 17.5 Å². The number of aromatic nitrogens is 4. The van der Waals surface area contributed by atoms with Crippen LogP contribution in [0.5, 0.6) is 0 Å². The van der Waals surface area contributed by atoms with Crippen LogP contribution in [0.4, 0.5) is 20.2 Å². The van der Waals surface area contributed by atoms with Crippen molar-refractivity contribution in [1.29, 1.82) is 0 Å². The molecule has 8 nitrogen and oxygen atoms in total. The number of anilines is 2. The Bertz CT molecular complexity index is 1430. The van der Waals surface area contributed by atoms with E-state index >= 15 is 4.39 Å². The van der Waals surface area contributed by atoms with Gasteiger partial charge in [-0.1, -0.05) is 6.92 Å². The lowest BCUT2D eigenvalue weighted by Gasteiger charge is -2.34. The summed E-state index contributed by atoms with van der Waals surface area (Å²) in [5.41, 5.74) is 1.84. The van der Waals surface area contributed by atoms with Crippen molar-refractivity contribution in [2.75, 3.05) is 29.9 Å². The zero-order valence-corrected chi connectivity index (χ0v) is 20.3. The molecule has 2 aromatic heterocycles. The molecule has 0 radical (unpaired) electrons. The number of hydrogen-bond acceptors (Lipinski definition) is 5. The third-order valence-corrected chi connectivity index (χ3v) is 6.82. The number of carbonyl (C=O) groups is 1. The summed E-state index contributed by atoms with van der Waals surface area (Å²) in [5, 5.41) is 11.3. The Labute approximate surface area is 201 Å². The van der Waals surface area contributed by atoms with E-state index in [4.69, 9.17) is 0 Å². The van der Waals surface area contributed by atoms with Crippen LogP contribution in [0.15, 0.2) is 24.4 Å². The first-order valence-corrected chi connectivity index (χ1v) is 11.8. The van der Waals surface area contributed by atoms with Gasteiger partial charge in [0.2, 0.25) is 0 Å². The van der Waals surface area contributed by atoms with Gasteiger partial charge in [-0.05, 0) is 44.5 Å². The van der Waals surface area contributed by atoms with Gasteiger partial charge in [0.05, 0.1) is 11.2 Å². The minimum Gasteiger partial charge on any atom is -0.371 e. The summed E-state index contributed by atoms with van der Waals surface area (Å²) in [6.45, 7) is 6.36. The number of halogens is 2. The average Bonchev–Trinajstić information content (AvgIpc) is 3.33. The molecule has 2 aromatic carbocycles. The molecule has 4 aromatic rings. The highest BCUT2D eigenvalue weighted by atomic mass is 19.1. The molecule has 1 aliphatic heterocycles. The maximum atomic E-state index is 15.5. The van der Waals surface area contributed by atoms with Crippen molar-refractivity contribution < 1.29 is 13.6 Å². The maximum absolute atomic E-state index is 15.5. The zero-order valence-electron chi connectivity index (χ0n) is 20.3. The van der Waals surface area contributed by atoms with E-state index in [0.29, 0.717) is 22.8 Å². The highest BCUT2D eigenvalue weighted by molar-refractivity contribution is 6.14. The van der Waals surface area contributed by atoms with Crippen LogP contribution >= 0.6 is 0 Å². The molecule has 0 aliphatic carbocycles. The number of imidazole rings is 1. The molecule has 0 unspecified atom stereocenters. The third kappa shape index (κ3) is 4.12. The monoisotopic (exact) mass is 481 g/mol. The molecular weight excluding hydrogens is 452 g/mol. The van der Waals surface area contributed by atoms with E-state index in [9.17, 15) is 9.18 Å². The number of fused-ring (bicyclic) bond motifs is 2. The molecule has 0 spiro atoms. The number of nitrogens with one attached hydrogen (secondary N) is 2. The summed E-state index contributed by atoms with van der Waals surface area (Å²) in [6.07, 6.45) is 3.73. The first-order valence-electron chi connectivity index (χ1n) is 11.8. The number of piperidine rings is 1. The van der Waals surface area contributed by atoms with Gasteiger partial charge in [-0.2, -0.15) is 5.10 Å². The van der Waals surface area contributed by atoms with Crippen LogP contribution in [0.1, 0.15) is 35.9 Å². The minimum absolute atomic E-state index is 0.159. The molecule has 2 N–H and O–H groups in total. The number of benzene rings is 2. The SMILES string of the molecule is CCNC1CCN(c2cc(F)c(C(=O)Nc3cc(F)c4nc(C)n(C)c4c3)c3nn(C)cc23)CC1. The van der Waals surface area contributed by atoms with Gasteiger partial charge in [0, 0.05) is 50.5 Å². The molecule has 35 heavy (non-hydrogen) atoms. The van der Waals surface area contributed by atoms with Gasteiger partial charge in [0.1, 0.15) is 28.2 Å². The van der Waals surface area contributed by atoms with Crippen molar-refractivity contribution in [3.63, 3.8) is 0 Å². The van der Waals surface area contributed by atoms with Crippen molar-refractivity contribution in [3.05, 3.63) is 47.4 Å². The zero-order chi connectivity index (χ0) is 24.9. The molecule has 0 atom stereocenters. The van der Waals surface area contributed by atoms with Crippen molar-refractivity contribution in [2.24, 2.45) is 14.1 Å². The van der Waals surface area contributed by atoms with Gasteiger partial charge >= 0.3 is 0 Å². The van der Waals surface area contributed by atoms with Gasteiger partial charge in [0.25, 0.3) is 5.91 Å². The first-order chi connectivity index (χ1) is 16.8. The van der Waals surface area contributed by atoms with E-state index in [1.165, 1.54) is 12.1 Å². The Kier molecular flexibility index (Phi) is 5.92. The maximum Gasteiger partial charge on any atom is 0.260 e. The van der Waals surface area contributed by atoms with Crippen LogP contribution in [0.2, 0.25) is 0 Å². The number of carbonyl (C=O) groups excluding carboxylic acids is 1. The lowest BCUT2D eigenvalue weighted by Crippen LogP contribution is -2.42. The van der Waals surface area contributed by atoms with Crippen molar-refractivity contribution in [1.82, 2.24) is 24.6 Å². The van der Waals surface area contributed by atoms with Crippen LogP contribution in [0.25, 0.3) is 21.9 Å². The first kappa shape index (κ1) is 23.2. The molecule has 184 valence electrons. The van der Waals surface area contributed by atoms with Gasteiger partial charge < -0.3 is 20.1 Å². The molecule has 1 fully saturated rings. The molecule has 10 heteroatoms. The second kappa shape index (κ2) is 8.92. The van der Waals surface area contributed by atoms with Crippen molar-refractivity contribution in [2.45, 2.75) is 32.7 Å². The van der Waals surface area contributed by atoms with Crippen LogP contribution in [-0.4, -0.2) is 50.9 Å². The fourth-order valence-corrected chi connectivity index (χ4v) is 4.96. The van der Waals surface area contributed by atoms with Crippen LogP contribution in [0, 0.1) is 18.6 Å². The quantitative estimate of drug-likeness (QED) is 0.452. The number of aryl methyl sites for hydroxylation is 3. The van der Waals surface area contributed by atoms with Crippen LogP contribution < -0.4 is 15.5 Å². The second-order valence-electron chi connectivity index (χ2n) is 9.13. The fourth-order valence-electron chi connectivity index (χ4n) is 4.96. The van der Waals surface area contributed by atoms with Crippen LogP contribution in [-0.2, 0) is 14.1 Å². The predicted octanol–water partition coefficient (Wildman–Crippen LogP) is 3.88. The van der Waals surface area contributed by atoms with Crippen molar-refractivity contribution >= 4 is 39.2 Å². The highest BCUT2D eigenvalue weighted by Crippen LogP contribution is 2.33. The molecule has 1 amide bonds. The summed E-state index contributed by atoms with van der Waals surface area (Å²) in [6, 6.07) is 4.70. The van der Waals surface area contributed by atoms with E-state index in [-0.39, 0.29) is 22.3 Å². The molecule has 0 saturated carbocycles. The fraction of sp³-hybridized carbons (Fsp3) is 0.400. The topological polar surface area (TPSA) is 80.0 Å². The standard InChI is InChI=1S/C25H29F2N7O/c1-5-28-15-6-8-34(9-7-15)20-12-18(26)22(23-17(20)13-32(3)31-23)25(35)30-16-10-19(27)24-21(11-16)33(4)14(2)29-24/h10-13,15,28H,5-9H2,1-4H3,(H,30,35). The summed E-state index contributed by atoms with van der Waals surface area (Å²) in [5.74, 6) is -1.24. The van der Waals surface area contributed by atoms with Gasteiger partial charge in [-0.15, -0.1) is 0 Å². The average molecular weight is 482 g/mol. The van der Waals surface area contributed by atoms with Gasteiger partial charge in [0.15, 0.2) is 5.82 Å². The third-order valence-electron chi connectivity index (χ3n) is 6.82. The van der Waals surface area contributed by atoms with E-state index in [1.807, 2.05) is 0 Å². The smallest absolute Gasteiger partial charge is 0.260 e. The summed E-state index contributed by atoms with van der Waals surface area (Å²) in [4.78, 5) is 19.6. The van der Waals surface area contributed by atoms with Crippen LogP contribution in [0.3, 0.4) is 0 Å². The number of hydrogen-bond donors (Lipinski definition) is 2. The van der Waals surface area contributed by atoms with E-state index in [0.717, 1.165) is 38.2 Å². The minimum atomic E-state index is -0.679. The Hall–Kier alpha value is -3.53. The van der Waals surface area contributed by atoms with Crippen molar-refractivity contribution in [3.8, 4) is 0 Å². The molecule has 0 bridgehead atoms. The Morgan fingerprint density at radius 3 is 2.57 bits per heavy atom. The molecule has 1 aliphatic rings. The normalized spacial score (nSPS) is 14.9. The lowest BCUT2D eigenvalue weighted by atomic mass is 10.0. The number of amides is 1. The predicted molar refractivity (Wildman–Crippen MR) is 133 cm³/mol. The number of rotatable bonds is 5. The second-order valence-corrected chi connectivity index (χ2v) is 9.13. The summed E-state index contributed by atoms with van der Waals surface area (Å²) >= 11 is 0. The highest BCUT2D eigenvalue weighted by Gasteiger charge is 2.26. The Morgan fingerprint density at radius 1 is 1.11 bits per heavy atom. The Balaban J connectivity index is 1.49. The lowest BCUT2D eigenvalue weighted by molar-refractivity contribution is 0.102.